The summed E-state index contributed by atoms with van der Waals surface area (Å²) in [7, 11) is 0. The van der Waals surface area contributed by atoms with Crippen LogP contribution in [-0.2, 0) is 0 Å². The zero-order valence-electron chi connectivity index (χ0n) is 13.3. The fraction of sp³-hybridized carbons (Fsp3) is 0.118. The molecule has 0 bridgehead atoms. The number of ether oxygens (including phenoxy) is 2. The quantitative estimate of drug-likeness (QED) is 0.745. The van der Waals surface area contributed by atoms with Gasteiger partial charge in [-0.25, -0.2) is 9.97 Å². The van der Waals surface area contributed by atoms with Crippen LogP contribution in [0, 0.1) is 6.92 Å². The molecule has 2 aromatic heterocycles. The van der Waals surface area contributed by atoms with Gasteiger partial charge in [-0.15, -0.1) is 11.3 Å². The molecule has 0 radical (unpaired) electrons. The van der Waals surface area contributed by atoms with Gasteiger partial charge in [-0.3, -0.25) is 4.79 Å². The predicted octanol–water partition coefficient (Wildman–Crippen LogP) is 3.57. The molecule has 0 saturated carbocycles. The number of nitrogens with one attached hydrogen (secondary N) is 2. The number of pyridine rings is 1. The monoisotopic (exact) mass is 354 g/mol. The number of hydrogen-bond donors (Lipinski definition) is 2. The minimum atomic E-state index is -0.291. The van der Waals surface area contributed by atoms with E-state index in [1.165, 1.54) is 11.3 Å². The van der Waals surface area contributed by atoms with Crippen molar-refractivity contribution >= 4 is 33.9 Å². The summed E-state index contributed by atoms with van der Waals surface area (Å²) in [4.78, 5) is 21.0. The van der Waals surface area contributed by atoms with Gasteiger partial charge in [0, 0.05) is 22.8 Å². The van der Waals surface area contributed by atoms with Crippen LogP contribution in [0.15, 0.2) is 41.8 Å². The average Bonchev–Trinajstić information content (AvgIpc) is 3.23. The highest BCUT2D eigenvalue weighted by Gasteiger charge is 2.16. The van der Waals surface area contributed by atoms with Gasteiger partial charge >= 0.3 is 0 Å². The van der Waals surface area contributed by atoms with Crippen LogP contribution in [0.2, 0.25) is 0 Å². The van der Waals surface area contributed by atoms with Gasteiger partial charge in [0.25, 0.3) is 5.91 Å². The molecule has 0 fully saturated rings. The number of aryl methyl sites for hydroxylation is 1. The van der Waals surface area contributed by atoms with Crippen molar-refractivity contribution in [1.29, 1.82) is 0 Å². The molecule has 1 aliphatic rings. The largest absolute Gasteiger partial charge is 0.454 e. The van der Waals surface area contributed by atoms with E-state index >= 15 is 0 Å². The summed E-state index contributed by atoms with van der Waals surface area (Å²) in [5.41, 5.74) is 1.86. The minimum Gasteiger partial charge on any atom is -0.454 e. The zero-order valence-corrected chi connectivity index (χ0v) is 14.1. The van der Waals surface area contributed by atoms with Gasteiger partial charge in [0.05, 0.1) is 0 Å². The molecule has 2 N–H and O–H groups in total. The average molecular weight is 354 g/mol. The fourth-order valence-electron chi connectivity index (χ4n) is 2.33. The molecule has 7 nitrogen and oxygen atoms in total. The highest BCUT2D eigenvalue weighted by molar-refractivity contribution is 7.14. The number of carbonyl (C=O) groups is 1. The Balaban J connectivity index is 1.45. The topological polar surface area (TPSA) is 85.4 Å². The van der Waals surface area contributed by atoms with E-state index in [0.29, 0.717) is 33.8 Å². The van der Waals surface area contributed by atoms with E-state index in [4.69, 9.17) is 9.47 Å². The normalized spacial score (nSPS) is 12.0. The summed E-state index contributed by atoms with van der Waals surface area (Å²) in [6, 6.07) is 10.9. The third-order valence-electron chi connectivity index (χ3n) is 3.49. The highest BCUT2D eigenvalue weighted by Crippen LogP contribution is 2.34. The standard InChI is InChI=1S/C17H14N4O3S/c1-10-3-2-4-15(18-10)21-17-20-12(8-25-17)16(22)19-11-5-6-13-14(7-11)24-9-23-13/h2-8H,9H2,1H3,(H,19,22)(H,18,20,21). The first kappa shape index (κ1) is 15.4. The molecule has 4 rings (SSSR count). The van der Waals surface area contributed by atoms with E-state index in [-0.39, 0.29) is 12.7 Å². The van der Waals surface area contributed by atoms with Crippen molar-refractivity contribution < 1.29 is 14.3 Å². The van der Waals surface area contributed by atoms with E-state index in [1.807, 2.05) is 25.1 Å². The molecule has 3 aromatic rings. The van der Waals surface area contributed by atoms with Crippen LogP contribution in [0.5, 0.6) is 11.5 Å². The van der Waals surface area contributed by atoms with E-state index < -0.39 is 0 Å². The lowest BCUT2D eigenvalue weighted by Crippen LogP contribution is -2.12. The molecule has 0 aliphatic carbocycles. The summed E-state index contributed by atoms with van der Waals surface area (Å²) in [6.45, 7) is 2.11. The number of nitrogens with zero attached hydrogens (tertiary/aromatic N) is 2. The number of amides is 1. The Hall–Kier alpha value is -3.13. The lowest BCUT2D eigenvalue weighted by atomic mass is 10.2. The molecule has 25 heavy (non-hydrogen) atoms. The van der Waals surface area contributed by atoms with Crippen molar-refractivity contribution in [2.75, 3.05) is 17.4 Å². The maximum Gasteiger partial charge on any atom is 0.275 e. The second-order valence-electron chi connectivity index (χ2n) is 5.35. The van der Waals surface area contributed by atoms with Gasteiger partial charge in [-0.1, -0.05) is 6.07 Å². The molecule has 8 heteroatoms. The van der Waals surface area contributed by atoms with Crippen LogP contribution in [0.1, 0.15) is 16.2 Å². The Morgan fingerprint density at radius 2 is 2.04 bits per heavy atom. The minimum absolute atomic E-state index is 0.195. The van der Waals surface area contributed by atoms with E-state index in [0.717, 1.165) is 5.69 Å². The fourth-order valence-corrected chi connectivity index (χ4v) is 3.02. The molecule has 1 aliphatic heterocycles. The number of rotatable bonds is 4. The lowest BCUT2D eigenvalue weighted by molar-refractivity contribution is 0.102. The number of carbonyl (C=O) groups excluding carboxylic acids is 1. The number of fused-ring (bicyclic) bond motifs is 1. The van der Waals surface area contributed by atoms with E-state index in [9.17, 15) is 4.79 Å². The molecular weight excluding hydrogens is 340 g/mol. The molecule has 0 atom stereocenters. The van der Waals surface area contributed by atoms with E-state index in [2.05, 4.69) is 20.6 Å². The number of aromatic nitrogens is 2. The molecule has 126 valence electrons. The van der Waals surface area contributed by atoms with E-state index in [1.54, 1.807) is 23.6 Å². The third kappa shape index (κ3) is 3.38. The van der Waals surface area contributed by atoms with Crippen molar-refractivity contribution in [2.45, 2.75) is 6.92 Å². The van der Waals surface area contributed by atoms with Crippen LogP contribution in [0.25, 0.3) is 0 Å². The molecule has 0 saturated heterocycles. The number of hydrogen-bond acceptors (Lipinski definition) is 7. The summed E-state index contributed by atoms with van der Waals surface area (Å²) < 4.78 is 10.6. The summed E-state index contributed by atoms with van der Waals surface area (Å²) >= 11 is 1.34. The van der Waals surface area contributed by atoms with Gasteiger partial charge in [-0.05, 0) is 31.2 Å². The first-order chi connectivity index (χ1) is 12.2. The lowest BCUT2D eigenvalue weighted by Gasteiger charge is -2.04. The second kappa shape index (κ2) is 6.40. The molecular formula is C17H14N4O3S. The Morgan fingerprint density at radius 1 is 1.16 bits per heavy atom. The second-order valence-corrected chi connectivity index (χ2v) is 6.21. The summed E-state index contributed by atoms with van der Waals surface area (Å²) in [5.74, 6) is 1.69. The van der Waals surface area contributed by atoms with Gasteiger partial charge in [0.15, 0.2) is 16.6 Å². The van der Waals surface area contributed by atoms with Crippen LogP contribution in [0.3, 0.4) is 0 Å². The van der Waals surface area contributed by atoms with Crippen LogP contribution < -0.4 is 20.1 Å². The van der Waals surface area contributed by atoms with Crippen molar-refractivity contribution in [3.63, 3.8) is 0 Å². The Bertz CT molecular complexity index is 941. The van der Waals surface area contributed by atoms with Gasteiger partial charge in [0.2, 0.25) is 6.79 Å². The van der Waals surface area contributed by atoms with Gasteiger partial charge in [-0.2, -0.15) is 0 Å². The molecule has 0 spiro atoms. The molecule has 0 unspecified atom stereocenters. The Morgan fingerprint density at radius 3 is 2.92 bits per heavy atom. The Kier molecular flexibility index (Phi) is 3.95. The van der Waals surface area contributed by atoms with Crippen molar-refractivity contribution in [2.24, 2.45) is 0 Å². The molecule has 1 aromatic carbocycles. The zero-order chi connectivity index (χ0) is 17.2. The number of thiazole rings is 1. The molecule has 3 heterocycles. The first-order valence-corrected chi connectivity index (χ1v) is 8.42. The van der Waals surface area contributed by atoms with Gasteiger partial charge in [0.1, 0.15) is 11.5 Å². The van der Waals surface area contributed by atoms with Crippen molar-refractivity contribution in [3.8, 4) is 11.5 Å². The smallest absolute Gasteiger partial charge is 0.275 e. The van der Waals surface area contributed by atoms with Crippen molar-refractivity contribution in [1.82, 2.24) is 9.97 Å². The molecule has 1 amide bonds. The first-order valence-electron chi connectivity index (χ1n) is 7.54. The predicted molar refractivity (Wildman–Crippen MR) is 94.9 cm³/mol. The number of anilines is 3. The third-order valence-corrected chi connectivity index (χ3v) is 4.25. The summed E-state index contributed by atoms with van der Waals surface area (Å²) in [5, 5.41) is 8.20. The van der Waals surface area contributed by atoms with Crippen LogP contribution >= 0.6 is 11.3 Å². The Labute approximate surface area is 147 Å². The van der Waals surface area contributed by atoms with Gasteiger partial charge < -0.3 is 20.1 Å². The van der Waals surface area contributed by atoms with Crippen LogP contribution in [-0.4, -0.2) is 22.7 Å². The van der Waals surface area contributed by atoms with Crippen LogP contribution in [0.4, 0.5) is 16.6 Å². The SMILES string of the molecule is Cc1cccc(Nc2nc(C(=O)Nc3ccc4c(c3)OCO4)cs2)n1. The highest BCUT2D eigenvalue weighted by atomic mass is 32.1. The van der Waals surface area contributed by atoms with Crippen molar-refractivity contribution in [3.05, 3.63) is 53.2 Å². The maximum absolute atomic E-state index is 12.4. The maximum atomic E-state index is 12.4. The number of benzene rings is 1. The summed E-state index contributed by atoms with van der Waals surface area (Å²) in [6.07, 6.45) is 0.